The van der Waals surface area contributed by atoms with Gasteiger partial charge in [-0.2, -0.15) is 0 Å². The molecule has 31 heavy (non-hydrogen) atoms. The predicted molar refractivity (Wildman–Crippen MR) is 122 cm³/mol. The maximum atomic E-state index is 12.2. The first kappa shape index (κ1) is 21.1. The van der Waals surface area contributed by atoms with Crippen LogP contribution in [0.15, 0.2) is 78.9 Å². The molecule has 0 aliphatic heterocycles. The highest BCUT2D eigenvalue weighted by molar-refractivity contribution is 5.71. The van der Waals surface area contributed by atoms with Gasteiger partial charge in [0.2, 0.25) is 0 Å². The normalized spacial score (nSPS) is 15.9. The molecular weight excluding hydrogens is 386 g/mol. The maximum absolute atomic E-state index is 12.2. The van der Waals surface area contributed by atoms with Crippen LogP contribution in [0.3, 0.4) is 0 Å². The van der Waals surface area contributed by atoms with Crippen molar-refractivity contribution in [3.8, 4) is 5.75 Å². The highest BCUT2D eigenvalue weighted by Gasteiger charge is 2.32. The van der Waals surface area contributed by atoms with Crippen LogP contribution in [0, 0.1) is 6.92 Å². The van der Waals surface area contributed by atoms with Gasteiger partial charge in [0.05, 0.1) is 0 Å². The molecule has 1 N–H and O–H groups in total. The van der Waals surface area contributed by atoms with Gasteiger partial charge in [-0.1, -0.05) is 35.9 Å². The van der Waals surface area contributed by atoms with Crippen molar-refractivity contribution < 1.29 is 19.2 Å². The van der Waals surface area contributed by atoms with Gasteiger partial charge in [-0.15, -0.1) is 0 Å². The smallest absolute Gasteiger partial charge is 0.344 e. The number of nitrogens with one attached hydrogen (secondary N) is 1. The fourth-order valence-electron chi connectivity index (χ4n) is 4.21. The molecule has 0 radical (unpaired) electrons. The van der Waals surface area contributed by atoms with Crippen LogP contribution < -0.4 is 9.64 Å². The summed E-state index contributed by atoms with van der Waals surface area (Å²) in [6, 6.07) is 26.9. The second-order valence-electron chi connectivity index (χ2n) is 8.55. The van der Waals surface area contributed by atoms with Crippen molar-refractivity contribution >= 4 is 23.0 Å². The van der Waals surface area contributed by atoms with Crippen molar-refractivity contribution in [2.75, 3.05) is 6.61 Å². The zero-order chi connectivity index (χ0) is 21.7. The Labute approximate surface area is 184 Å². The number of para-hydroxylation sites is 1. The first-order chi connectivity index (χ1) is 15.0. The van der Waals surface area contributed by atoms with Gasteiger partial charge in [0, 0.05) is 24.3 Å². The topological polar surface area (TPSA) is 40.0 Å². The Bertz CT molecular complexity index is 991. The van der Waals surface area contributed by atoms with Crippen LogP contribution in [0.4, 0.5) is 17.1 Å². The lowest BCUT2D eigenvalue weighted by atomic mass is 10.1. The zero-order valence-corrected chi connectivity index (χ0v) is 18.3. The van der Waals surface area contributed by atoms with E-state index in [-0.39, 0.29) is 18.2 Å². The van der Waals surface area contributed by atoms with E-state index in [4.69, 9.17) is 9.47 Å². The summed E-state index contributed by atoms with van der Waals surface area (Å²) < 4.78 is 11.3. The molecule has 0 amide bonds. The standard InChI is InChI=1S/C27H29NO3/c1-21-10-12-23(13-11-21)28(22-8-4-3-5-9-22)24-14-16-25(17-15-24)30-20-26(29)31-27(2)18-6-7-19-27/h3-5,8-17H,6-7,18-20H2,1-2H3/p+1. The minimum Gasteiger partial charge on any atom is -0.482 e. The Morgan fingerprint density at radius 2 is 1.39 bits per heavy atom. The number of carbonyl (C=O) groups excluding carboxylic acids is 1. The maximum Gasteiger partial charge on any atom is 0.344 e. The van der Waals surface area contributed by atoms with Crippen molar-refractivity contribution in [1.82, 2.24) is 0 Å². The molecule has 3 aromatic carbocycles. The van der Waals surface area contributed by atoms with E-state index in [9.17, 15) is 4.79 Å². The fourth-order valence-corrected chi connectivity index (χ4v) is 4.21. The first-order valence-corrected chi connectivity index (χ1v) is 11.0. The summed E-state index contributed by atoms with van der Waals surface area (Å²) in [6.45, 7) is 4.04. The largest absolute Gasteiger partial charge is 0.482 e. The number of ether oxygens (including phenoxy) is 2. The van der Waals surface area contributed by atoms with Crippen LogP contribution in [0.2, 0.25) is 0 Å². The number of benzene rings is 3. The number of rotatable bonds is 7. The van der Waals surface area contributed by atoms with E-state index in [2.05, 4.69) is 55.5 Å². The SMILES string of the molecule is Cc1ccc([NH+](c2ccccc2)c2ccc(OCC(=O)OC3(C)CCCC3)cc2)cc1. The second kappa shape index (κ2) is 9.36. The molecule has 1 aliphatic carbocycles. The van der Waals surface area contributed by atoms with Crippen molar-refractivity contribution in [1.29, 1.82) is 0 Å². The molecule has 1 unspecified atom stereocenters. The molecule has 4 nitrogen and oxygen atoms in total. The lowest BCUT2D eigenvalue weighted by Crippen LogP contribution is -2.96. The molecule has 0 spiro atoms. The van der Waals surface area contributed by atoms with E-state index in [1.807, 2.05) is 37.3 Å². The molecule has 4 rings (SSSR count). The third kappa shape index (κ3) is 5.33. The predicted octanol–water partition coefficient (Wildman–Crippen LogP) is 5.43. The Morgan fingerprint density at radius 3 is 2.00 bits per heavy atom. The number of hydrogen-bond acceptors (Lipinski definition) is 3. The minimum absolute atomic E-state index is 0.0673. The molecule has 1 fully saturated rings. The van der Waals surface area contributed by atoms with Gasteiger partial charge in [0.15, 0.2) is 6.61 Å². The van der Waals surface area contributed by atoms with Crippen LogP contribution in [0.5, 0.6) is 5.75 Å². The third-order valence-corrected chi connectivity index (χ3v) is 5.92. The average molecular weight is 417 g/mol. The summed E-state index contributed by atoms with van der Waals surface area (Å²) >= 11 is 0. The molecule has 0 aromatic heterocycles. The summed E-state index contributed by atoms with van der Waals surface area (Å²) in [4.78, 5) is 13.4. The van der Waals surface area contributed by atoms with E-state index in [0.29, 0.717) is 5.75 Å². The van der Waals surface area contributed by atoms with E-state index in [0.717, 1.165) is 37.1 Å². The Morgan fingerprint density at radius 1 is 0.839 bits per heavy atom. The lowest BCUT2D eigenvalue weighted by Gasteiger charge is -2.24. The quantitative estimate of drug-likeness (QED) is 0.522. The van der Waals surface area contributed by atoms with Gasteiger partial charge in [-0.3, -0.25) is 0 Å². The molecule has 0 bridgehead atoms. The lowest BCUT2D eigenvalue weighted by molar-refractivity contribution is -0.681. The summed E-state index contributed by atoms with van der Waals surface area (Å²) in [7, 11) is 0. The first-order valence-electron chi connectivity index (χ1n) is 11.0. The number of esters is 1. The number of carbonyl (C=O) groups is 1. The van der Waals surface area contributed by atoms with Crippen molar-refractivity contribution in [2.45, 2.75) is 45.1 Å². The molecular formula is C27H30NO3+. The summed E-state index contributed by atoms with van der Waals surface area (Å²) in [5.74, 6) is 0.360. The number of aryl methyl sites for hydroxylation is 1. The highest BCUT2D eigenvalue weighted by Crippen LogP contribution is 2.32. The summed E-state index contributed by atoms with van der Waals surface area (Å²) in [5, 5.41) is 0. The molecule has 1 aliphatic rings. The fraction of sp³-hybridized carbons (Fsp3) is 0.296. The van der Waals surface area contributed by atoms with Gasteiger partial charge in [-0.25, -0.2) is 9.69 Å². The van der Waals surface area contributed by atoms with Crippen LogP contribution in [0.1, 0.15) is 38.2 Å². The average Bonchev–Trinajstić information content (AvgIpc) is 3.21. The Kier molecular flexibility index (Phi) is 6.38. The highest BCUT2D eigenvalue weighted by atomic mass is 16.6. The monoisotopic (exact) mass is 416 g/mol. The van der Waals surface area contributed by atoms with Crippen LogP contribution in [-0.4, -0.2) is 18.2 Å². The second-order valence-corrected chi connectivity index (χ2v) is 8.55. The van der Waals surface area contributed by atoms with E-state index < -0.39 is 0 Å². The summed E-state index contributed by atoms with van der Waals surface area (Å²) in [6.07, 6.45) is 4.11. The van der Waals surface area contributed by atoms with Gasteiger partial charge in [0.1, 0.15) is 28.4 Å². The van der Waals surface area contributed by atoms with Crippen molar-refractivity contribution in [3.05, 3.63) is 84.4 Å². The number of hydrogen-bond donors (Lipinski definition) is 1. The van der Waals surface area contributed by atoms with Gasteiger partial charge < -0.3 is 9.47 Å². The van der Waals surface area contributed by atoms with Crippen molar-refractivity contribution in [2.24, 2.45) is 0 Å². The molecule has 0 saturated heterocycles. The molecule has 1 atom stereocenters. The van der Waals surface area contributed by atoms with Gasteiger partial charge >= 0.3 is 5.97 Å². The zero-order valence-electron chi connectivity index (χ0n) is 18.3. The minimum atomic E-state index is -0.322. The summed E-state index contributed by atoms with van der Waals surface area (Å²) in [5.41, 5.74) is 4.34. The molecule has 1 saturated carbocycles. The molecule has 4 heteroatoms. The van der Waals surface area contributed by atoms with Crippen LogP contribution in [0.25, 0.3) is 0 Å². The van der Waals surface area contributed by atoms with Gasteiger partial charge in [-0.05, 0) is 63.8 Å². The molecule has 3 aromatic rings. The Hall–Kier alpha value is -3.11. The van der Waals surface area contributed by atoms with E-state index >= 15 is 0 Å². The van der Waals surface area contributed by atoms with Crippen molar-refractivity contribution in [3.63, 3.8) is 0 Å². The Balaban J connectivity index is 1.47. The van der Waals surface area contributed by atoms with Crippen LogP contribution >= 0.6 is 0 Å². The third-order valence-electron chi connectivity index (χ3n) is 5.92. The molecule has 160 valence electrons. The van der Waals surface area contributed by atoms with Crippen LogP contribution in [-0.2, 0) is 9.53 Å². The number of quaternary nitrogens is 1. The van der Waals surface area contributed by atoms with E-state index in [1.165, 1.54) is 16.2 Å². The molecule has 0 heterocycles. The van der Waals surface area contributed by atoms with Gasteiger partial charge in [0.25, 0.3) is 0 Å². The van der Waals surface area contributed by atoms with E-state index in [1.54, 1.807) is 0 Å².